The molecule has 0 aliphatic carbocycles. The van der Waals surface area contributed by atoms with Crippen molar-refractivity contribution in [2.75, 3.05) is 19.1 Å². The summed E-state index contributed by atoms with van der Waals surface area (Å²) < 4.78 is 23.3. The number of carbonyl (C=O) groups excluding carboxylic acids is 2. The van der Waals surface area contributed by atoms with E-state index in [0.29, 0.717) is 5.56 Å². The predicted molar refractivity (Wildman–Crippen MR) is 106 cm³/mol. The van der Waals surface area contributed by atoms with Crippen LogP contribution in [0, 0.1) is 17.1 Å². The number of nitriles is 1. The second kappa shape index (κ2) is 8.49. The Kier molecular flexibility index (Phi) is 5.83. The fraction of sp³-hybridized carbons (Fsp3) is 0.136. The fourth-order valence-corrected chi connectivity index (χ4v) is 3.37. The Morgan fingerprint density at radius 1 is 1.03 bits per heavy atom. The zero-order valence-corrected chi connectivity index (χ0v) is 16.3. The highest BCUT2D eigenvalue weighted by Crippen LogP contribution is 2.43. The summed E-state index contributed by atoms with van der Waals surface area (Å²) in [5.74, 6) is -3.21. The van der Waals surface area contributed by atoms with Crippen molar-refractivity contribution in [3.05, 3.63) is 88.6 Å². The van der Waals surface area contributed by atoms with Crippen LogP contribution in [0.2, 0.25) is 0 Å². The van der Waals surface area contributed by atoms with Gasteiger partial charge in [-0.05, 0) is 29.8 Å². The summed E-state index contributed by atoms with van der Waals surface area (Å²) in [7, 11) is 2.33. The number of carbonyl (C=O) groups is 2. The summed E-state index contributed by atoms with van der Waals surface area (Å²) in [5.41, 5.74) is 6.88. The Bertz CT molecular complexity index is 1090. The normalized spacial score (nSPS) is 16.2. The van der Waals surface area contributed by atoms with Crippen LogP contribution < -0.4 is 10.6 Å². The average molecular weight is 407 g/mol. The van der Waals surface area contributed by atoms with Gasteiger partial charge in [0.2, 0.25) is 0 Å². The van der Waals surface area contributed by atoms with Gasteiger partial charge < -0.3 is 15.2 Å². The van der Waals surface area contributed by atoms with Gasteiger partial charge in [-0.1, -0.05) is 30.3 Å². The van der Waals surface area contributed by atoms with E-state index in [2.05, 4.69) is 0 Å². The molecule has 0 amide bonds. The summed E-state index contributed by atoms with van der Waals surface area (Å²) >= 11 is 0. The molecule has 1 aliphatic rings. The summed E-state index contributed by atoms with van der Waals surface area (Å²) in [6, 6.07) is 15.8. The van der Waals surface area contributed by atoms with Crippen molar-refractivity contribution in [3.8, 4) is 6.07 Å². The van der Waals surface area contributed by atoms with Crippen LogP contribution in [0.5, 0.6) is 0 Å². The van der Waals surface area contributed by atoms with Crippen molar-refractivity contribution in [2.24, 2.45) is 5.73 Å². The van der Waals surface area contributed by atoms with Crippen molar-refractivity contribution in [3.63, 3.8) is 0 Å². The highest BCUT2D eigenvalue weighted by molar-refractivity contribution is 6.06. The number of nitrogens with zero attached hydrogens (tertiary/aromatic N) is 2. The third-order valence-corrected chi connectivity index (χ3v) is 4.70. The van der Waals surface area contributed by atoms with Crippen LogP contribution in [0.1, 0.15) is 11.5 Å². The molecule has 7 nitrogen and oxygen atoms in total. The van der Waals surface area contributed by atoms with E-state index in [1.165, 1.54) is 36.3 Å². The molecule has 2 aromatic carbocycles. The highest BCUT2D eigenvalue weighted by atomic mass is 19.1. The van der Waals surface area contributed by atoms with Gasteiger partial charge in [-0.25, -0.2) is 14.0 Å². The van der Waals surface area contributed by atoms with Crippen LogP contribution >= 0.6 is 0 Å². The number of benzene rings is 2. The number of methoxy groups -OCH3 is 2. The van der Waals surface area contributed by atoms with Crippen LogP contribution in [-0.2, 0) is 19.1 Å². The van der Waals surface area contributed by atoms with E-state index >= 15 is 0 Å². The van der Waals surface area contributed by atoms with Crippen molar-refractivity contribution in [1.29, 1.82) is 5.26 Å². The van der Waals surface area contributed by atoms with Crippen LogP contribution in [0.4, 0.5) is 10.1 Å². The Balaban J connectivity index is 2.39. The molecule has 30 heavy (non-hydrogen) atoms. The van der Waals surface area contributed by atoms with Crippen molar-refractivity contribution < 1.29 is 23.5 Å². The van der Waals surface area contributed by atoms with Gasteiger partial charge in [0.1, 0.15) is 17.3 Å². The largest absolute Gasteiger partial charge is 0.466 e. The maximum atomic E-state index is 13.5. The molecular formula is C22H18FN3O4. The maximum absolute atomic E-state index is 13.5. The number of esters is 2. The lowest BCUT2D eigenvalue weighted by Gasteiger charge is -2.35. The van der Waals surface area contributed by atoms with Gasteiger partial charge in [-0.15, -0.1) is 0 Å². The molecule has 3 rings (SSSR count). The Hall–Kier alpha value is -4.12. The lowest BCUT2D eigenvalue weighted by Crippen LogP contribution is -2.40. The predicted octanol–water partition coefficient (Wildman–Crippen LogP) is 2.72. The van der Waals surface area contributed by atoms with E-state index in [4.69, 9.17) is 15.2 Å². The number of anilines is 1. The molecule has 0 fully saturated rings. The smallest absolute Gasteiger partial charge is 0.355 e. The SMILES string of the molecule is COC(=O)C1=C(C(=O)OC)N(c2ccc(F)cc2)C(N)=C(C#N)C1c1ccccc1. The summed E-state index contributed by atoms with van der Waals surface area (Å²) in [6.07, 6.45) is 0. The topological polar surface area (TPSA) is 106 Å². The lowest BCUT2D eigenvalue weighted by molar-refractivity contribution is -0.139. The number of halogens is 1. The molecule has 2 N–H and O–H groups in total. The summed E-state index contributed by atoms with van der Waals surface area (Å²) in [6.45, 7) is 0. The number of rotatable bonds is 4. The molecule has 0 radical (unpaired) electrons. The number of ether oxygens (including phenoxy) is 2. The van der Waals surface area contributed by atoms with E-state index in [1.807, 2.05) is 6.07 Å². The average Bonchev–Trinajstić information content (AvgIpc) is 2.78. The highest BCUT2D eigenvalue weighted by Gasteiger charge is 2.42. The quantitative estimate of drug-likeness (QED) is 0.777. The Morgan fingerprint density at radius 3 is 2.17 bits per heavy atom. The maximum Gasteiger partial charge on any atom is 0.355 e. The van der Waals surface area contributed by atoms with Gasteiger partial charge in [0, 0.05) is 5.69 Å². The fourth-order valence-electron chi connectivity index (χ4n) is 3.37. The van der Waals surface area contributed by atoms with Crippen molar-refractivity contribution >= 4 is 17.6 Å². The molecule has 1 heterocycles. The molecule has 0 saturated carbocycles. The van der Waals surface area contributed by atoms with Crippen LogP contribution in [0.15, 0.2) is 77.3 Å². The molecule has 1 aliphatic heterocycles. The van der Waals surface area contributed by atoms with Crippen LogP contribution in [-0.4, -0.2) is 26.2 Å². The van der Waals surface area contributed by atoms with Gasteiger partial charge in [-0.2, -0.15) is 5.26 Å². The third kappa shape index (κ3) is 3.49. The van der Waals surface area contributed by atoms with Crippen molar-refractivity contribution in [1.82, 2.24) is 0 Å². The first-order valence-corrected chi connectivity index (χ1v) is 8.85. The minimum absolute atomic E-state index is 0.0404. The number of nitrogens with two attached hydrogens (primary N) is 1. The zero-order chi connectivity index (χ0) is 21.8. The molecule has 2 aromatic rings. The lowest BCUT2D eigenvalue weighted by atomic mass is 9.81. The monoisotopic (exact) mass is 407 g/mol. The second-order valence-corrected chi connectivity index (χ2v) is 6.31. The minimum Gasteiger partial charge on any atom is -0.466 e. The molecule has 0 bridgehead atoms. The standard InChI is InChI=1S/C22H18FN3O4/c1-29-21(27)18-17(13-6-4-3-5-7-13)16(12-24)20(25)26(19(18)22(28)30-2)15-10-8-14(23)9-11-15/h3-11,17H,25H2,1-2H3. The molecular weight excluding hydrogens is 389 g/mol. The third-order valence-electron chi connectivity index (χ3n) is 4.70. The summed E-state index contributed by atoms with van der Waals surface area (Å²) in [4.78, 5) is 26.8. The first-order chi connectivity index (χ1) is 14.4. The van der Waals surface area contributed by atoms with Crippen molar-refractivity contribution in [2.45, 2.75) is 5.92 Å². The van der Waals surface area contributed by atoms with Gasteiger partial charge in [0.15, 0.2) is 0 Å². The Labute approximate surface area is 172 Å². The first kappa shape index (κ1) is 20.6. The summed E-state index contributed by atoms with van der Waals surface area (Å²) in [5, 5.41) is 9.89. The molecule has 0 spiro atoms. The molecule has 0 aromatic heterocycles. The van der Waals surface area contributed by atoms with Gasteiger partial charge in [0.25, 0.3) is 0 Å². The van der Waals surface area contributed by atoms with Crippen LogP contribution in [0.25, 0.3) is 0 Å². The Morgan fingerprint density at radius 2 is 1.63 bits per heavy atom. The molecule has 152 valence electrons. The van der Waals surface area contributed by atoms with Gasteiger partial charge in [0.05, 0.1) is 37.4 Å². The second-order valence-electron chi connectivity index (χ2n) is 6.31. The number of allylic oxidation sites excluding steroid dienone is 1. The molecule has 0 saturated heterocycles. The minimum atomic E-state index is -0.950. The van der Waals surface area contributed by atoms with E-state index in [1.54, 1.807) is 30.3 Å². The van der Waals surface area contributed by atoms with Gasteiger partial charge in [-0.3, -0.25) is 4.90 Å². The van der Waals surface area contributed by atoms with E-state index in [9.17, 15) is 19.2 Å². The first-order valence-electron chi connectivity index (χ1n) is 8.85. The zero-order valence-electron chi connectivity index (χ0n) is 16.3. The molecule has 1 atom stereocenters. The molecule has 1 unspecified atom stereocenters. The number of hydrogen-bond donors (Lipinski definition) is 1. The number of hydrogen-bond acceptors (Lipinski definition) is 7. The molecule has 8 heteroatoms. The van der Waals surface area contributed by atoms with Gasteiger partial charge >= 0.3 is 11.9 Å². The van der Waals surface area contributed by atoms with E-state index in [-0.39, 0.29) is 28.4 Å². The van der Waals surface area contributed by atoms with E-state index in [0.717, 1.165) is 7.11 Å². The van der Waals surface area contributed by atoms with E-state index < -0.39 is 23.7 Å². The van der Waals surface area contributed by atoms with Crippen LogP contribution in [0.3, 0.4) is 0 Å².